The maximum Gasteiger partial charge on any atom is 0.290 e. The van der Waals surface area contributed by atoms with Gasteiger partial charge in [0.25, 0.3) is 5.91 Å². The fourth-order valence-electron chi connectivity index (χ4n) is 5.52. The Labute approximate surface area is 159 Å². The summed E-state index contributed by atoms with van der Waals surface area (Å²) in [5, 5.41) is 0. The number of benzene rings is 1. The molecule has 4 aliphatic heterocycles. The van der Waals surface area contributed by atoms with Crippen LogP contribution in [0.5, 0.6) is 5.75 Å². The van der Waals surface area contributed by atoms with E-state index in [9.17, 15) is 4.79 Å². The second-order valence-electron chi connectivity index (χ2n) is 8.12. The summed E-state index contributed by atoms with van der Waals surface area (Å²) in [4.78, 5) is 18.1. The first-order valence-electron chi connectivity index (χ1n) is 9.90. The zero-order valence-corrected chi connectivity index (χ0v) is 15.9. The van der Waals surface area contributed by atoms with Gasteiger partial charge < -0.3 is 14.1 Å². The molecule has 2 aromatic rings. The van der Waals surface area contributed by atoms with Crippen LogP contribution in [0.25, 0.3) is 0 Å². The second-order valence-corrected chi connectivity index (χ2v) is 8.12. The standard InChI is InChI=1S/C22H26N2O3/c1-14-9-12-27-21(14)22(25)24-13-18(15-3-5-17(26-2)6-4-15)20-19(24)16-7-10-23(20)11-8-16/h3-6,9,12,16,18-20H,7-8,10-11,13H2,1-2H3/t18-,19+,20+/m1/s1. The molecule has 3 atom stereocenters. The molecule has 5 nitrogen and oxygen atoms in total. The molecule has 6 rings (SSSR count). The summed E-state index contributed by atoms with van der Waals surface area (Å²) in [5.74, 6) is 2.36. The fraction of sp³-hybridized carbons (Fsp3) is 0.500. The zero-order valence-electron chi connectivity index (χ0n) is 15.9. The van der Waals surface area contributed by atoms with Gasteiger partial charge >= 0.3 is 0 Å². The molecule has 0 saturated carbocycles. The maximum atomic E-state index is 13.3. The zero-order chi connectivity index (χ0) is 18.5. The minimum Gasteiger partial charge on any atom is -0.497 e. The molecule has 5 heterocycles. The number of furan rings is 1. The van der Waals surface area contributed by atoms with E-state index in [-0.39, 0.29) is 11.9 Å². The normalized spacial score (nSPS) is 31.8. The van der Waals surface area contributed by atoms with Crippen molar-refractivity contribution >= 4 is 5.91 Å². The number of piperidine rings is 3. The van der Waals surface area contributed by atoms with E-state index in [0.717, 1.165) is 30.9 Å². The maximum absolute atomic E-state index is 13.3. The van der Waals surface area contributed by atoms with Crippen LogP contribution in [-0.2, 0) is 0 Å². The first-order valence-corrected chi connectivity index (χ1v) is 9.90. The molecular weight excluding hydrogens is 340 g/mol. The van der Waals surface area contributed by atoms with E-state index in [1.54, 1.807) is 13.4 Å². The van der Waals surface area contributed by atoms with Crippen molar-refractivity contribution in [1.82, 2.24) is 9.80 Å². The molecule has 4 fully saturated rings. The van der Waals surface area contributed by atoms with E-state index in [1.165, 1.54) is 18.4 Å². The van der Waals surface area contributed by atoms with E-state index < -0.39 is 0 Å². The predicted octanol–water partition coefficient (Wildman–Crippen LogP) is 3.30. The van der Waals surface area contributed by atoms with Gasteiger partial charge in [-0.15, -0.1) is 0 Å². The second kappa shape index (κ2) is 6.41. The van der Waals surface area contributed by atoms with Crippen LogP contribution in [0.1, 0.15) is 40.4 Å². The largest absolute Gasteiger partial charge is 0.497 e. The lowest BCUT2D eigenvalue weighted by molar-refractivity contribution is -0.00431. The van der Waals surface area contributed by atoms with Crippen molar-refractivity contribution in [2.75, 3.05) is 26.7 Å². The lowest BCUT2D eigenvalue weighted by atomic mass is 9.75. The highest BCUT2D eigenvalue weighted by atomic mass is 16.5. The third-order valence-electron chi connectivity index (χ3n) is 6.86. The molecule has 27 heavy (non-hydrogen) atoms. The number of carbonyl (C=O) groups is 1. The Balaban J connectivity index is 1.51. The van der Waals surface area contributed by atoms with Crippen LogP contribution in [0.15, 0.2) is 41.0 Å². The van der Waals surface area contributed by atoms with Crippen molar-refractivity contribution in [2.24, 2.45) is 5.92 Å². The summed E-state index contributed by atoms with van der Waals surface area (Å²) < 4.78 is 10.9. The van der Waals surface area contributed by atoms with Gasteiger partial charge in [0.05, 0.1) is 19.4 Å². The fourth-order valence-corrected chi connectivity index (χ4v) is 5.52. The van der Waals surface area contributed by atoms with Crippen molar-refractivity contribution in [1.29, 1.82) is 0 Å². The minimum atomic E-state index is 0.0530. The van der Waals surface area contributed by atoms with Gasteiger partial charge in [-0.3, -0.25) is 9.69 Å². The number of ether oxygens (including phenoxy) is 1. The molecule has 1 aromatic heterocycles. The Morgan fingerprint density at radius 1 is 1.11 bits per heavy atom. The number of fused-ring (bicyclic) bond motifs is 2. The monoisotopic (exact) mass is 366 g/mol. The molecule has 0 unspecified atom stereocenters. The number of hydrogen-bond acceptors (Lipinski definition) is 4. The molecule has 4 saturated heterocycles. The summed E-state index contributed by atoms with van der Waals surface area (Å²) >= 11 is 0. The number of amides is 1. The molecule has 1 aromatic carbocycles. The molecule has 2 bridgehead atoms. The Bertz CT molecular complexity index is 835. The van der Waals surface area contributed by atoms with Crippen LogP contribution in [0.2, 0.25) is 0 Å². The van der Waals surface area contributed by atoms with Crippen LogP contribution in [-0.4, -0.2) is 54.5 Å². The third kappa shape index (κ3) is 2.59. The summed E-state index contributed by atoms with van der Waals surface area (Å²) in [6, 6.07) is 11.0. The van der Waals surface area contributed by atoms with Crippen LogP contribution in [0.4, 0.5) is 0 Å². The predicted molar refractivity (Wildman–Crippen MR) is 102 cm³/mol. The molecule has 1 amide bonds. The number of aryl methyl sites for hydroxylation is 1. The third-order valence-corrected chi connectivity index (χ3v) is 6.86. The van der Waals surface area contributed by atoms with Gasteiger partial charge in [0.15, 0.2) is 5.76 Å². The summed E-state index contributed by atoms with van der Waals surface area (Å²) in [6.07, 6.45) is 4.00. The quantitative estimate of drug-likeness (QED) is 0.836. The van der Waals surface area contributed by atoms with Crippen LogP contribution in [0.3, 0.4) is 0 Å². The first kappa shape index (κ1) is 16.9. The van der Waals surface area contributed by atoms with Gasteiger partial charge in [0.2, 0.25) is 0 Å². The van der Waals surface area contributed by atoms with Gasteiger partial charge in [0, 0.05) is 24.1 Å². The van der Waals surface area contributed by atoms with Gasteiger partial charge in [0.1, 0.15) is 5.75 Å². The van der Waals surface area contributed by atoms with Crippen molar-refractivity contribution in [3.63, 3.8) is 0 Å². The van der Waals surface area contributed by atoms with E-state index in [1.807, 2.05) is 25.1 Å². The number of likely N-dealkylation sites (tertiary alicyclic amines) is 1. The number of rotatable bonds is 3. The number of hydrogen-bond donors (Lipinski definition) is 0. The van der Waals surface area contributed by atoms with Crippen molar-refractivity contribution in [2.45, 2.75) is 37.8 Å². The Morgan fingerprint density at radius 2 is 1.85 bits per heavy atom. The molecule has 4 aliphatic rings. The van der Waals surface area contributed by atoms with Crippen LogP contribution >= 0.6 is 0 Å². The van der Waals surface area contributed by atoms with Gasteiger partial charge in [-0.2, -0.15) is 0 Å². The van der Waals surface area contributed by atoms with E-state index in [2.05, 4.69) is 21.9 Å². The van der Waals surface area contributed by atoms with Crippen LogP contribution < -0.4 is 4.74 Å². The van der Waals surface area contributed by atoms with Gasteiger partial charge in [-0.25, -0.2) is 0 Å². The van der Waals surface area contributed by atoms with E-state index in [4.69, 9.17) is 9.15 Å². The molecule has 5 heteroatoms. The first-order chi connectivity index (χ1) is 13.2. The number of methoxy groups -OCH3 is 1. The van der Waals surface area contributed by atoms with Crippen LogP contribution in [0, 0.1) is 12.8 Å². The van der Waals surface area contributed by atoms with E-state index >= 15 is 0 Å². The average Bonchev–Trinajstić information content (AvgIpc) is 3.34. The molecule has 0 spiro atoms. The molecule has 0 aliphatic carbocycles. The number of carbonyl (C=O) groups excluding carboxylic acids is 1. The highest BCUT2D eigenvalue weighted by Crippen LogP contribution is 2.47. The SMILES string of the molecule is COc1ccc([C@H]2CN(C(=O)c3occc3C)[C@H]3C4CCN(CC4)[C@@H]23)cc1. The molecule has 0 radical (unpaired) electrons. The lowest BCUT2D eigenvalue weighted by Gasteiger charge is -2.51. The smallest absolute Gasteiger partial charge is 0.290 e. The summed E-state index contributed by atoms with van der Waals surface area (Å²) in [6.45, 7) is 5.01. The molecule has 142 valence electrons. The Kier molecular flexibility index (Phi) is 4.01. The average molecular weight is 366 g/mol. The van der Waals surface area contributed by atoms with Crippen molar-refractivity contribution in [3.8, 4) is 5.75 Å². The highest BCUT2D eigenvalue weighted by Gasteiger charge is 2.55. The lowest BCUT2D eigenvalue weighted by Crippen LogP contribution is -2.60. The van der Waals surface area contributed by atoms with Crippen molar-refractivity contribution in [3.05, 3.63) is 53.5 Å². The minimum absolute atomic E-state index is 0.0530. The molecule has 0 N–H and O–H groups in total. The summed E-state index contributed by atoms with van der Waals surface area (Å²) in [7, 11) is 1.69. The highest BCUT2D eigenvalue weighted by molar-refractivity contribution is 5.93. The van der Waals surface area contributed by atoms with Crippen molar-refractivity contribution < 1.29 is 13.9 Å². The Hall–Kier alpha value is -2.27. The van der Waals surface area contributed by atoms with Gasteiger partial charge in [-0.1, -0.05) is 12.1 Å². The van der Waals surface area contributed by atoms with E-state index in [0.29, 0.717) is 23.6 Å². The Morgan fingerprint density at radius 3 is 2.48 bits per heavy atom. The summed E-state index contributed by atoms with van der Waals surface area (Å²) in [5.41, 5.74) is 2.22. The van der Waals surface area contributed by atoms with Gasteiger partial charge in [-0.05, 0) is 62.5 Å². The molecular formula is C22H26N2O3. The topological polar surface area (TPSA) is 45.9 Å². The number of nitrogens with zero attached hydrogens (tertiary/aromatic N) is 2.